The molecule has 0 aromatic carbocycles. The van der Waals surface area contributed by atoms with Crippen LogP contribution in [0.4, 0.5) is 13.2 Å². The minimum atomic E-state index is -4.42. The second-order valence-electron chi connectivity index (χ2n) is 2.84. The maximum Gasteiger partial charge on any atom is 0.418 e. The van der Waals surface area contributed by atoms with Crippen LogP contribution in [0.25, 0.3) is 11.5 Å². The number of aromatic nitrogens is 3. The lowest BCUT2D eigenvalue weighted by Gasteiger charge is -2.09. The molecule has 0 atom stereocenters. The first kappa shape index (κ1) is 9.70. The van der Waals surface area contributed by atoms with Crippen molar-refractivity contribution in [1.82, 2.24) is 15.0 Å². The van der Waals surface area contributed by atoms with Gasteiger partial charge in [0, 0.05) is 18.6 Å². The molecule has 0 aliphatic heterocycles. The first-order chi connectivity index (χ1) is 7.09. The average Bonchev–Trinajstić information content (AvgIpc) is 2.69. The van der Waals surface area contributed by atoms with Gasteiger partial charge in [-0.2, -0.15) is 13.2 Å². The zero-order chi connectivity index (χ0) is 10.9. The van der Waals surface area contributed by atoms with Gasteiger partial charge in [0.2, 0.25) is 0 Å². The van der Waals surface area contributed by atoms with E-state index in [1.54, 1.807) is 0 Å². The van der Waals surface area contributed by atoms with Crippen molar-refractivity contribution in [2.45, 2.75) is 6.18 Å². The van der Waals surface area contributed by atoms with E-state index in [9.17, 15) is 13.2 Å². The largest absolute Gasteiger partial charge is 0.418 e. The summed E-state index contributed by atoms with van der Waals surface area (Å²) in [6.07, 6.45) is -0.294. The molecule has 0 spiro atoms. The van der Waals surface area contributed by atoms with E-state index >= 15 is 0 Å². The summed E-state index contributed by atoms with van der Waals surface area (Å²) >= 11 is 0. The quantitative estimate of drug-likeness (QED) is 0.790. The van der Waals surface area contributed by atoms with E-state index in [2.05, 4.69) is 15.0 Å². The van der Waals surface area contributed by atoms with Crippen LogP contribution in [0.2, 0.25) is 0 Å². The van der Waals surface area contributed by atoms with E-state index in [4.69, 9.17) is 0 Å². The zero-order valence-corrected chi connectivity index (χ0v) is 7.42. The fraction of sp³-hybridized carbons (Fsp3) is 0.111. The summed E-state index contributed by atoms with van der Waals surface area (Å²) in [5, 5.41) is 0. The molecule has 3 nitrogen and oxygen atoms in total. The highest BCUT2D eigenvalue weighted by molar-refractivity contribution is 5.55. The number of nitrogens with zero attached hydrogens (tertiary/aromatic N) is 2. The molecule has 0 saturated carbocycles. The summed E-state index contributed by atoms with van der Waals surface area (Å²) in [6.45, 7) is 0. The molecule has 0 fully saturated rings. The summed E-state index contributed by atoms with van der Waals surface area (Å²) in [6, 6.07) is 2.22. The highest BCUT2D eigenvalue weighted by Crippen LogP contribution is 2.34. The van der Waals surface area contributed by atoms with Crippen LogP contribution in [0.1, 0.15) is 5.56 Å². The van der Waals surface area contributed by atoms with E-state index in [-0.39, 0.29) is 11.5 Å². The fourth-order valence-electron chi connectivity index (χ4n) is 1.22. The Bertz CT molecular complexity index is 448. The zero-order valence-electron chi connectivity index (χ0n) is 7.42. The van der Waals surface area contributed by atoms with Crippen LogP contribution < -0.4 is 0 Å². The lowest BCUT2D eigenvalue weighted by atomic mass is 10.2. The molecule has 1 N–H and O–H groups in total. The van der Waals surface area contributed by atoms with Gasteiger partial charge in [0.15, 0.2) is 5.82 Å². The number of nitrogens with one attached hydrogen (secondary N) is 1. The van der Waals surface area contributed by atoms with Crippen molar-refractivity contribution in [1.29, 1.82) is 0 Å². The molecular weight excluding hydrogens is 207 g/mol. The third kappa shape index (κ3) is 1.83. The Morgan fingerprint density at radius 1 is 1.13 bits per heavy atom. The highest BCUT2D eigenvalue weighted by atomic mass is 19.4. The number of imidazole rings is 1. The molecular formula is C9H6F3N3. The third-order valence-electron chi connectivity index (χ3n) is 1.84. The molecule has 0 bridgehead atoms. The number of pyridine rings is 1. The molecule has 2 aromatic heterocycles. The minimum Gasteiger partial charge on any atom is -0.343 e. The van der Waals surface area contributed by atoms with Gasteiger partial charge in [-0.1, -0.05) is 0 Å². The lowest BCUT2D eigenvalue weighted by molar-refractivity contribution is -0.137. The van der Waals surface area contributed by atoms with Gasteiger partial charge in [0.05, 0.1) is 5.56 Å². The van der Waals surface area contributed by atoms with Crippen molar-refractivity contribution in [2.75, 3.05) is 0 Å². The average molecular weight is 213 g/mol. The van der Waals surface area contributed by atoms with Crippen LogP contribution in [-0.2, 0) is 6.18 Å². The van der Waals surface area contributed by atoms with E-state index in [0.29, 0.717) is 0 Å². The number of rotatable bonds is 1. The molecule has 2 rings (SSSR count). The summed E-state index contributed by atoms with van der Waals surface area (Å²) in [5.74, 6) is 0.114. The normalized spacial score (nSPS) is 11.7. The Morgan fingerprint density at radius 2 is 1.93 bits per heavy atom. The maximum atomic E-state index is 12.6. The summed E-state index contributed by atoms with van der Waals surface area (Å²) in [5.41, 5.74) is -0.977. The first-order valence-corrected chi connectivity index (χ1v) is 4.11. The standard InChI is InChI=1S/C9H6F3N3/c10-9(11,12)6-2-1-3-13-7(6)8-14-4-5-15-8/h1-5H,(H,14,15). The molecule has 2 aromatic rings. The van der Waals surface area contributed by atoms with E-state index in [1.165, 1.54) is 24.7 Å². The van der Waals surface area contributed by atoms with Crippen molar-refractivity contribution < 1.29 is 13.2 Å². The number of hydrogen-bond acceptors (Lipinski definition) is 2. The second kappa shape index (κ2) is 3.38. The van der Waals surface area contributed by atoms with Gasteiger partial charge in [-0.25, -0.2) is 4.98 Å². The van der Waals surface area contributed by atoms with Crippen LogP contribution in [-0.4, -0.2) is 15.0 Å². The maximum absolute atomic E-state index is 12.6. The van der Waals surface area contributed by atoms with Crippen molar-refractivity contribution in [2.24, 2.45) is 0 Å². The van der Waals surface area contributed by atoms with Crippen LogP contribution >= 0.6 is 0 Å². The molecule has 0 aliphatic rings. The van der Waals surface area contributed by atoms with Crippen LogP contribution in [0.3, 0.4) is 0 Å². The minimum absolute atomic E-state index is 0.114. The van der Waals surface area contributed by atoms with Gasteiger partial charge >= 0.3 is 6.18 Å². The molecule has 0 radical (unpaired) electrons. The summed E-state index contributed by atoms with van der Waals surface area (Å²) < 4.78 is 37.7. The Hall–Kier alpha value is -1.85. The number of hydrogen-bond donors (Lipinski definition) is 1. The van der Waals surface area contributed by atoms with Gasteiger partial charge in [0.25, 0.3) is 0 Å². The molecule has 6 heteroatoms. The summed E-state index contributed by atoms with van der Waals surface area (Å²) in [7, 11) is 0. The van der Waals surface area contributed by atoms with Crippen molar-refractivity contribution >= 4 is 0 Å². The predicted molar refractivity (Wildman–Crippen MR) is 46.8 cm³/mol. The SMILES string of the molecule is FC(F)(F)c1cccnc1-c1ncc[nH]1. The topological polar surface area (TPSA) is 41.6 Å². The van der Waals surface area contributed by atoms with E-state index in [1.807, 2.05) is 0 Å². The molecule has 15 heavy (non-hydrogen) atoms. The third-order valence-corrected chi connectivity index (χ3v) is 1.84. The molecule has 0 unspecified atom stereocenters. The smallest absolute Gasteiger partial charge is 0.343 e. The Balaban J connectivity index is 2.58. The van der Waals surface area contributed by atoms with Crippen molar-refractivity contribution in [3.05, 3.63) is 36.3 Å². The van der Waals surface area contributed by atoms with E-state index < -0.39 is 11.7 Å². The van der Waals surface area contributed by atoms with Crippen LogP contribution in [0.5, 0.6) is 0 Å². The Morgan fingerprint density at radius 3 is 2.53 bits per heavy atom. The van der Waals surface area contributed by atoms with Gasteiger partial charge in [0.1, 0.15) is 5.69 Å². The van der Waals surface area contributed by atoms with Gasteiger partial charge in [-0.3, -0.25) is 4.98 Å². The van der Waals surface area contributed by atoms with E-state index in [0.717, 1.165) is 6.07 Å². The summed E-state index contributed by atoms with van der Waals surface area (Å²) in [4.78, 5) is 10.0. The highest BCUT2D eigenvalue weighted by Gasteiger charge is 2.34. The Kier molecular flexibility index (Phi) is 2.18. The number of aromatic amines is 1. The fourth-order valence-corrected chi connectivity index (χ4v) is 1.22. The number of halogens is 3. The van der Waals surface area contributed by atoms with Gasteiger partial charge < -0.3 is 4.98 Å². The molecule has 2 heterocycles. The van der Waals surface area contributed by atoms with Crippen LogP contribution in [0.15, 0.2) is 30.7 Å². The second-order valence-corrected chi connectivity index (χ2v) is 2.84. The van der Waals surface area contributed by atoms with Crippen LogP contribution in [0, 0.1) is 0 Å². The molecule has 0 amide bonds. The van der Waals surface area contributed by atoms with Gasteiger partial charge in [-0.05, 0) is 12.1 Å². The van der Waals surface area contributed by atoms with Crippen molar-refractivity contribution in [3.63, 3.8) is 0 Å². The monoisotopic (exact) mass is 213 g/mol. The lowest BCUT2D eigenvalue weighted by Crippen LogP contribution is -2.08. The van der Waals surface area contributed by atoms with Gasteiger partial charge in [-0.15, -0.1) is 0 Å². The predicted octanol–water partition coefficient (Wildman–Crippen LogP) is 2.49. The number of alkyl halides is 3. The van der Waals surface area contributed by atoms with Crippen molar-refractivity contribution in [3.8, 4) is 11.5 Å². The molecule has 0 aliphatic carbocycles. The Labute approximate surface area is 83.0 Å². The first-order valence-electron chi connectivity index (χ1n) is 4.11. The molecule has 0 saturated heterocycles. The molecule has 78 valence electrons. The number of H-pyrrole nitrogens is 1.